The Hall–Kier alpha value is -3.53. The second-order valence-electron chi connectivity index (χ2n) is 7.57. The van der Waals surface area contributed by atoms with Crippen molar-refractivity contribution in [1.82, 2.24) is 4.57 Å². The van der Waals surface area contributed by atoms with E-state index in [2.05, 4.69) is 0 Å². The summed E-state index contributed by atoms with van der Waals surface area (Å²) < 4.78 is 47.0. The number of nitriles is 1. The molecule has 1 aromatic heterocycles. The number of halogens is 3. The molecule has 0 radical (unpaired) electrons. The average Bonchev–Trinajstić information content (AvgIpc) is 3.58. The molecule has 2 aromatic carbocycles. The number of aromatic nitrogens is 1. The van der Waals surface area contributed by atoms with Crippen LogP contribution in [0.15, 0.2) is 65.7 Å². The molecule has 158 valence electrons. The number of hydrogen-bond acceptors (Lipinski definition) is 3. The van der Waals surface area contributed by atoms with Gasteiger partial charge in [0.2, 0.25) is 0 Å². The van der Waals surface area contributed by atoms with Gasteiger partial charge in [-0.1, -0.05) is 30.3 Å². The predicted octanol–water partition coefficient (Wildman–Crippen LogP) is 5.51. The molecule has 4 nitrogen and oxygen atoms in total. The Morgan fingerprint density at radius 3 is 2.48 bits per heavy atom. The van der Waals surface area contributed by atoms with Crippen LogP contribution in [0.25, 0.3) is 22.3 Å². The molecule has 1 aliphatic rings. The zero-order chi connectivity index (χ0) is 22.0. The number of para-hydroxylation sites is 1. The van der Waals surface area contributed by atoms with Crippen molar-refractivity contribution in [1.29, 1.82) is 5.26 Å². The summed E-state index contributed by atoms with van der Waals surface area (Å²) in [5.41, 5.74) is -0.198. The van der Waals surface area contributed by atoms with E-state index in [9.17, 15) is 18.0 Å². The lowest BCUT2D eigenvalue weighted by Gasteiger charge is -2.15. The van der Waals surface area contributed by atoms with E-state index in [0.717, 1.165) is 25.0 Å². The van der Waals surface area contributed by atoms with E-state index in [1.54, 1.807) is 30.5 Å². The Kier molecular flexibility index (Phi) is 5.55. The van der Waals surface area contributed by atoms with Crippen LogP contribution < -0.4 is 10.2 Å². The van der Waals surface area contributed by atoms with E-state index in [4.69, 9.17) is 10.00 Å². The van der Waals surface area contributed by atoms with Crippen LogP contribution in [-0.2, 0) is 12.7 Å². The molecule has 3 aromatic rings. The van der Waals surface area contributed by atoms with Gasteiger partial charge < -0.3 is 9.30 Å². The van der Waals surface area contributed by atoms with Crippen LogP contribution in [0.3, 0.4) is 0 Å². The first kappa shape index (κ1) is 20.7. The molecular formula is C24H19F3N2O2. The summed E-state index contributed by atoms with van der Waals surface area (Å²) in [4.78, 5) is 13.4. The number of alkyl halides is 3. The highest BCUT2D eigenvalue weighted by molar-refractivity contribution is 5.75. The normalized spacial score (nSPS) is 13.6. The number of rotatable bonds is 6. The molecule has 4 rings (SSSR count). The second kappa shape index (κ2) is 8.31. The first-order valence-electron chi connectivity index (χ1n) is 9.87. The molecule has 0 N–H and O–H groups in total. The molecule has 0 bridgehead atoms. The molecule has 0 aliphatic heterocycles. The van der Waals surface area contributed by atoms with Crippen molar-refractivity contribution in [3.63, 3.8) is 0 Å². The maximum atomic E-state index is 13.4. The van der Waals surface area contributed by atoms with Gasteiger partial charge in [0.25, 0.3) is 0 Å². The molecule has 0 amide bonds. The molecule has 7 heteroatoms. The first-order valence-corrected chi connectivity index (χ1v) is 9.87. The molecule has 0 saturated heterocycles. The predicted molar refractivity (Wildman–Crippen MR) is 110 cm³/mol. The van der Waals surface area contributed by atoms with Gasteiger partial charge in [-0.15, -0.1) is 0 Å². The lowest BCUT2D eigenvalue weighted by atomic mass is 9.99. The van der Waals surface area contributed by atoms with Crippen molar-refractivity contribution < 1.29 is 17.9 Å². The van der Waals surface area contributed by atoms with Crippen molar-refractivity contribution in [2.75, 3.05) is 6.61 Å². The summed E-state index contributed by atoms with van der Waals surface area (Å²) in [6, 6.07) is 13.7. The standard InChI is InChI=1S/C24H19F3N2O2/c25-24(26,27)18-5-3-4-17(12-18)20-13-29(11-10-28)14-21(23(20)30)19-6-1-2-7-22(19)31-15-16-8-9-16/h1-7,12-14,16H,8-9,11,15H2. The summed E-state index contributed by atoms with van der Waals surface area (Å²) in [6.07, 6.45) is 0.660. The third kappa shape index (κ3) is 4.64. The highest BCUT2D eigenvalue weighted by Gasteiger charge is 2.30. The van der Waals surface area contributed by atoms with Gasteiger partial charge >= 0.3 is 6.18 Å². The van der Waals surface area contributed by atoms with Crippen molar-refractivity contribution >= 4 is 0 Å². The van der Waals surface area contributed by atoms with E-state index in [0.29, 0.717) is 23.8 Å². The van der Waals surface area contributed by atoms with Gasteiger partial charge in [-0.25, -0.2) is 0 Å². The van der Waals surface area contributed by atoms with E-state index in [1.807, 2.05) is 6.07 Å². The third-order valence-corrected chi connectivity index (χ3v) is 5.18. The van der Waals surface area contributed by atoms with E-state index in [1.165, 1.54) is 22.9 Å². The number of pyridine rings is 1. The number of benzene rings is 2. The monoisotopic (exact) mass is 424 g/mol. The van der Waals surface area contributed by atoms with Crippen molar-refractivity contribution in [3.8, 4) is 34.1 Å². The van der Waals surface area contributed by atoms with E-state index in [-0.39, 0.29) is 23.2 Å². The fourth-order valence-electron chi connectivity index (χ4n) is 3.37. The van der Waals surface area contributed by atoms with Crippen molar-refractivity contribution in [2.24, 2.45) is 5.92 Å². The smallest absolute Gasteiger partial charge is 0.416 e. The molecule has 1 heterocycles. The number of ether oxygens (including phenoxy) is 1. The third-order valence-electron chi connectivity index (χ3n) is 5.18. The van der Waals surface area contributed by atoms with Crippen LogP contribution >= 0.6 is 0 Å². The Morgan fingerprint density at radius 1 is 1.03 bits per heavy atom. The van der Waals surface area contributed by atoms with Gasteiger partial charge in [-0.3, -0.25) is 4.79 Å². The average molecular weight is 424 g/mol. The Balaban J connectivity index is 1.85. The quantitative estimate of drug-likeness (QED) is 0.524. The second-order valence-corrected chi connectivity index (χ2v) is 7.57. The van der Waals surface area contributed by atoms with Crippen LogP contribution in [0.1, 0.15) is 18.4 Å². The molecule has 1 saturated carbocycles. The SMILES string of the molecule is N#CCn1cc(-c2cccc(C(F)(F)F)c2)c(=O)c(-c2ccccc2OCC2CC2)c1. The van der Waals surface area contributed by atoms with E-state index < -0.39 is 17.2 Å². The fraction of sp³-hybridized carbons (Fsp3) is 0.250. The van der Waals surface area contributed by atoms with Gasteiger partial charge in [-0.2, -0.15) is 18.4 Å². The van der Waals surface area contributed by atoms with Crippen molar-refractivity contribution in [2.45, 2.75) is 25.6 Å². The molecular weight excluding hydrogens is 405 g/mol. The lowest BCUT2D eigenvalue weighted by Crippen LogP contribution is -2.14. The molecule has 1 aliphatic carbocycles. The maximum Gasteiger partial charge on any atom is 0.416 e. The van der Waals surface area contributed by atoms with Crippen LogP contribution in [-0.4, -0.2) is 11.2 Å². The zero-order valence-electron chi connectivity index (χ0n) is 16.5. The largest absolute Gasteiger partial charge is 0.493 e. The highest BCUT2D eigenvalue weighted by atomic mass is 19.4. The Labute approximate surface area is 177 Å². The molecule has 0 spiro atoms. The maximum absolute atomic E-state index is 13.4. The number of nitrogens with zero attached hydrogens (tertiary/aromatic N) is 2. The van der Waals surface area contributed by atoms with Gasteiger partial charge in [-0.05, 0) is 42.5 Å². The lowest BCUT2D eigenvalue weighted by molar-refractivity contribution is -0.137. The minimum Gasteiger partial charge on any atom is -0.493 e. The van der Waals surface area contributed by atoms with Crippen LogP contribution in [0, 0.1) is 17.2 Å². The van der Waals surface area contributed by atoms with Gasteiger partial charge in [0.1, 0.15) is 12.3 Å². The topological polar surface area (TPSA) is 55.0 Å². The van der Waals surface area contributed by atoms with Gasteiger partial charge in [0.05, 0.1) is 18.2 Å². The highest BCUT2D eigenvalue weighted by Crippen LogP contribution is 2.34. The minimum absolute atomic E-state index is 0.0513. The minimum atomic E-state index is -4.53. The summed E-state index contributed by atoms with van der Waals surface area (Å²) in [7, 11) is 0. The van der Waals surface area contributed by atoms with E-state index >= 15 is 0 Å². The summed E-state index contributed by atoms with van der Waals surface area (Å²) in [5, 5.41) is 9.15. The van der Waals surface area contributed by atoms with Crippen LogP contribution in [0.2, 0.25) is 0 Å². The Morgan fingerprint density at radius 2 is 1.77 bits per heavy atom. The molecule has 31 heavy (non-hydrogen) atoms. The molecule has 0 atom stereocenters. The number of hydrogen-bond donors (Lipinski definition) is 0. The fourth-order valence-corrected chi connectivity index (χ4v) is 3.37. The van der Waals surface area contributed by atoms with Crippen LogP contribution in [0.5, 0.6) is 5.75 Å². The molecule has 0 unspecified atom stereocenters. The van der Waals surface area contributed by atoms with Crippen LogP contribution in [0.4, 0.5) is 13.2 Å². The summed E-state index contributed by atoms with van der Waals surface area (Å²) >= 11 is 0. The molecule has 1 fully saturated rings. The first-order chi connectivity index (χ1) is 14.9. The Bertz CT molecular complexity index is 1200. The van der Waals surface area contributed by atoms with Gasteiger partial charge in [0.15, 0.2) is 5.43 Å². The van der Waals surface area contributed by atoms with Gasteiger partial charge in [0, 0.05) is 29.1 Å². The van der Waals surface area contributed by atoms with Crippen molar-refractivity contribution in [3.05, 3.63) is 76.7 Å². The zero-order valence-corrected chi connectivity index (χ0v) is 16.5. The summed E-state index contributed by atoms with van der Waals surface area (Å²) in [5.74, 6) is 1.05. The summed E-state index contributed by atoms with van der Waals surface area (Å²) in [6.45, 7) is 0.501.